The maximum absolute atomic E-state index is 12.4. The summed E-state index contributed by atoms with van der Waals surface area (Å²) in [5.41, 5.74) is 0.461. The predicted octanol–water partition coefficient (Wildman–Crippen LogP) is 2.89. The highest BCUT2D eigenvalue weighted by molar-refractivity contribution is 5.78. The van der Waals surface area contributed by atoms with Crippen molar-refractivity contribution in [3.63, 3.8) is 0 Å². The molecule has 7 heteroatoms. The Morgan fingerprint density at radius 1 is 1.28 bits per heavy atom. The van der Waals surface area contributed by atoms with Crippen LogP contribution in [0.25, 0.3) is 0 Å². The van der Waals surface area contributed by atoms with Crippen LogP contribution < -0.4 is 10.1 Å². The molecule has 1 atom stereocenters. The third-order valence-electron chi connectivity index (χ3n) is 4.88. The number of benzene rings is 1. The van der Waals surface area contributed by atoms with E-state index in [1.165, 1.54) is 0 Å². The fraction of sp³-hybridized carbons (Fsp3) is 0.636. The van der Waals surface area contributed by atoms with E-state index in [0.717, 1.165) is 37.2 Å². The molecule has 1 aromatic rings. The second-order valence-electron chi connectivity index (χ2n) is 8.69. The first-order chi connectivity index (χ1) is 13.7. The molecule has 7 nitrogen and oxygen atoms in total. The Bertz CT molecular complexity index is 687. The van der Waals surface area contributed by atoms with Gasteiger partial charge in [-0.25, -0.2) is 4.79 Å². The van der Waals surface area contributed by atoms with Crippen molar-refractivity contribution in [2.45, 2.75) is 45.8 Å². The quantitative estimate of drug-likeness (QED) is 0.755. The van der Waals surface area contributed by atoms with Gasteiger partial charge in [0.15, 0.2) is 0 Å². The molecule has 29 heavy (non-hydrogen) atoms. The Balaban J connectivity index is 1.78. The predicted molar refractivity (Wildman–Crippen MR) is 113 cm³/mol. The molecule has 1 aliphatic rings. The van der Waals surface area contributed by atoms with E-state index in [2.05, 4.69) is 10.2 Å². The fourth-order valence-electron chi connectivity index (χ4n) is 3.55. The minimum Gasteiger partial charge on any atom is -0.496 e. The van der Waals surface area contributed by atoms with Gasteiger partial charge in [0, 0.05) is 32.2 Å². The van der Waals surface area contributed by atoms with Crippen LogP contribution in [0.1, 0.15) is 39.2 Å². The molecule has 0 aliphatic carbocycles. The van der Waals surface area contributed by atoms with Gasteiger partial charge in [0.1, 0.15) is 11.4 Å². The topological polar surface area (TPSA) is 71.1 Å². The molecule has 0 saturated carbocycles. The average molecular weight is 406 g/mol. The van der Waals surface area contributed by atoms with Crippen LogP contribution in [-0.4, -0.2) is 67.7 Å². The van der Waals surface area contributed by atoms with Crippen molar-refractivity contribution < 1.29 is 19.1 Å². The van der Waals surface area contributed by atoms with Crippen LogP contribution in [0.15, 0.2) is 24.3 Å². The summed E-state index contributed by atoms with van der Waals surface area (Å²) in [5.74, 6) is 1.11. The Morgan fingerprint density at radius 2 is 2.00 bits per heavy atom. The summed E-state index contributed by atoms with van der Waals surface area (Å²) in [4.78, 5) is 28.4. The lowest BCUT2D eigenvalue weighted by Gasteiger charge is -2.34. The molecule has 0 radical (unpaired) electrons. The van der Waals surface area contributed by atoms with Crippen molar-refractivity contribution in [3.8, 4) is 5.75 Å². The number of para-hydroxylation sites is 1. The van der Waals surface area contributed by atoms with Gasteiger partial charge in [0.2, 0.25) is 5.91 Å². The SMILES string of the molecule is COc1ccccc1CNC(=O)CN1CCCC(CN(C)C(=O)OC(C)(C)C)C1. The summed E-state index contributed by atoms with van der Waals surface area (Å²) in [5, 5.41) is 2.98. The van der Waals surface area contributed by atoms with Gasteiger partial charge >= 0.3 is 6.09 Å². The zero-order chi connectivity index (χ0) is 21.4. The number of rotatable bonds is 7. The van der Waals surface area contributed by atoms with Crippen LogP contribution in [-0.2, 0) is 16.1 Å². The summed E-state index contributed by atoms with van der Waals surface area (Å²) < 4.78 is 10.7. The van der Waals surface area contributed by atoms with E-state index in [-0.39, 0.29) is 12.0 Å². The van der Waals surface area contributed by atoms with Crippen molar-refractivity contribution in [1.82, 2.24) is 15.1 Å². The first kappa shape index (κ1) is 23.0. The third-order valence-corrected chi connectivity index (χ3v) is 4.88. The van der Waals surface area contributed by atoms with Gasteiger partial charge in [0.05, 0.1) is 13.7 Å². The second kappa shape index (κ2) is 10.5. The van der Waals surface area contributed by atoms with Gasteiger partial charge in [-0.2, -0.15) is 0 Å². The molecule has 0 aromatic heterocycles. The number of likely N-dealkylation sites (tertiary alicyclic amines) is 1. The number of nitrogens with one attached hydrogen (secondary N) is 1. The van der Waals surface area contributed by atoms with E-state index in [1.54, 1.807) is 19.1 Å². The minimum absolute atomic E-state index is 0.00273. The Labute approximate surface area is 174 Å². The summed E-state index contributed by atoms with van der Waals surface area (Å²) >= 11 is 0. The molecule has 2 amide bonds. The number of hydrogen-bond acceptors (Lipinski definition) is 5. The maximum Gasteiger partial charge on any atom is 0.410 e. The molecular formula is C22H35N3O4. The highest BCUT2D eigenvalue weighted by Crippen LogP contribution is 2.19. The zero-order valence-electron chi connectivity index (χ0n) is 18.4. The Morgan fingerprint density at radius 3 is 2.69 bits per heavy atom. The van der Waals surface area contributed by atoms with Crippen LogP contribution in [0.3, 0.4) is 0 Å². The van der Waals surface area contributed by atoms with Crippen LogP contribution in [0.5, 0.6) is 5.75 Å². The summed E-state index contributed by atoms with van der Waals surface area (Å²) in [7, 11) is 3.40. The standard InChI is InChI=1S/C22H35N3O4/c1-22(2,3)29-21(27)24(4)14-17-9-8-12-25(15-17)16-20(26)23-13-18-10-6-7-11-19(18)28-5/h6-7,10-11,17H,8-9,12-16H2,1-5H3,(H,23,26). The highest BCUT2D eigenvalue weighted by Gasteiger charge is 2.26. The summed E-state index contributed by atoms with van der Waals surface area (Å²) in [6, 6.07) is 7.67. The van der Waals surface area contributed by atoms with Gasteiger partial charge in [-0.15, -0.1) is 0 Å². The fourth-order valence-corrected chi connectivity index (χ4v) is 3.55. The molecule has 1 unspecified atom stereocenters. The average Bonchev–Trinajstić information content (AvgIpc) is 2.65. The van der Waals surface area contributed by atoms with Crippen molar-refractivity contribution in [3.05, 3.63) is 29.8 Å². The smallest absolute Gasteiger partial charge is 0.410 e. The molecule has 1 aromatic carbocycles. The lowest BCUT2D eigenvalue weighted by atomic mass is 9.97. The van der Waals surface area contributed by atoms with Crippen molar-refractivity contribution in [2.24, 2.45) is 5.92 Å². The highest BCUT2D eigenvalue weighted by atomic mass is 16.6. The van der Waals surface area contributed by atoms with E-state index in [0.29, 0.717) is 25.6 Å². The van der Waals surface area contributed by atoms with Gasteiger partial charge in [-0.3, -0.25) is 9.69 Å². The Hall–Kier alpha value is -2.28. The number of hydrogen-bond donors (Lipinski definition) is 1. The Kier molecular flexibility index (Phi) is 8.32. The van der Waals surface area contributed by atoms with Crippen molar-refractivity contribution >= 4 is 12.0 Å². The van der Waals surface area contributed by atoms with Gasteiger partial charge in [-0.05, 0) is 52.1 Å². The van der Waals surface area contributed by atoms with E-state index < -0.39 is 5.60 Å². The third kappa shape index (κ3) is 7.93. The second-order valence-corrected chi connectivity index (χ2v) is 8.69. The molecular weight excluding hydrogens is 370 g/mol. The lowest BCUT2D eigenvalue weighted by Crippen LogP contribution is -2.46. The lowest BCUT2D eigenvalue weighted by molar-refractivity contribution is -0.122. The van der Waals surface area contributed by atoms with E-state index in [9.17, 15) is 9.59 Å². The molecule has 162 valence electrons. The first-order valence-electron chi connectivity index (χ1n) is 10.2. The summed E-state index contributed by atoms with van der Waals surface area (Å²) in [6.07, 6.45) is 1.77. The molecule has 1 N–H and O–H groups in total. The largest absolute Gasteiger partial charge is 0.496 e. The number of nitrogens with zero attached hydrogens (tertiary/aromatic N) is 2. The van der Waals surface area contributed by atoms with Gasteiger partial charge < -0.3 is 19.7 Å². The molecule has 1 saturated heterocycles. The van der Waals surface area contributed by atoms with Crippen LogP contribution >= 0.6 is 0 Å². The number of amides is 2. The first-order valence-corrected chi connectivity index (χ1v) is 10.2. The maximum atomic E-state index is 12.4. The van der Waals surface area contributed by atoms with Crippen LogP contribution in [0.2, 0.25) is 0 Å². The normalized spacial score (nSPS) is 17.5. The van der Waals surface area contributed by atoms with Gasteiger partial charge in [-0.1, -0.05) is 18.2 Å². The summed E-state index contributed by atoms with van der Waals surface area (Å²) in [6.45, 7) is 8.74. The van der Waals surface area contributed by atoms with Crippen LogP contribution in [0, 0.1) is 5.92 Å². The van der Waals surface area contributed by atoms with Crippen molar-refractivity contribution in [1.29, 1.82) is 0 Å². The number of carbonyl (C=O) groups excluding carboxylic acids is 2. The van der Waals surface area contributed by atoms with E-state index >= 15 is 0 Å². The van der Waals surface area contributed by atoms with E-state index in [1.807, 2.05) is 45.0 Å². The zero-order valence-corrected chi connectivity index (χ0v) is 18.4. The van der Waals surface area contributed by atoms with Crippen LogP contribution in [0.4, 0.5) is 4.79 Å². The number of piperidine rings is 1. The molecule has 0 bridgehead atoms. The molecule has 1 fully saturated rings. The monoisotopic (exact) mass is 405 g/mol. The minimum atomic E-state index is -0.497. The van der Waals surface area contributed by atoms with E-state index in [4.69, 9.17) is 9.47 Å². The number of carbonyl (C=O) groups is 2. The van der Waals surface area contributed by atoms with Crippen molar-refractivity contribution in [2.75, 3.05) is 40.3 Å². The molecule has 0 spiro atoms. The molecule has 2 rings (SSSR count). The molecule has 1 heterocycles. The molecule has 1 aliphatic heterocycles. The van der Waals surface area contributed by atoms with Gasteiger partial charge in [0.25, 0.3) is 0 Å². The number of ether oxygens (including phenoxy) is 2. The number of methoxy groups -OCH3 is 1.